The van der Waals surface area contributed by atoms with E-state index in [1.54, 1.807) is 14.2 Å². The maximum atomic E-state index is 5.48. The minimum absolute atomic E-state index is 0. The van der Waals surface area contributed by atoms with E-state index in [4.69, 9.17) is 14.2 Å². The van der Waals surface area contributed by atoms with Crippen molar-refractivity contribution in [1.82, 2.24) is 10.2 Å². The average molecular weight is 491 g/mol. The lowest BCUT2D eigenvalue weighted by atomic mass is 9.84. The lowest BCUT2D eigenvalue weighted by Gasteiger charge is -2.30. The van der Waals surface area contributed by atoms with Crippen LogP contribution in [0.15, 0.2) is 23.2 Å². The van der Waals surface area contributed by atoms with E-state index in [2.05, 4.69) is 42.2 Å². The monoisotopic (exact) mass is 491 g/mol. The topological polar surface area (TPSA) is 55.3 Å². The molecule has 2 rings (SSSR count). The first-order valence-corrected chi connectivity index (χ1v) is 9.13. The van der Waals surface area contributed by atoms with Crippen LogP contribution in [0, 0.1) is 5.92 Å². The maximum Gasteiger partial charge on any atom is 0.193 e. The Labute approximate surface area is 180 Å². The Morgan fingerprint density at radius 1 is 1.30 bits per heavy atom. The predicted molar refractivity (Wildman–Crippen MR) is 121 cm³/mol. The minimum atomic E-state index is -0.0905. The molecule has 1 N–H and O–H groups in total. The number of methoxy groups -OCH3 is 2. The summed E-state index contributed by atoms with van der Waals surface area (Å²) in [6.45, 7) is 7.85. The lowest BCUT2D eigenvalue weighted by Crippen LogP contribution is -2.45. The van der Waals surface area contributed by atoms with Gasteiger partial charge in [0.25, 0.3) is 0 Å². The summed E-state index contributed by atoms with van der Waals surface area (Å²) in [5.41, 5.74) is 1.09. The number of rotatable bonds is 7. The molecule has 0 radical (unpaired) electrons. The fourth-order valence-electron chi connectivity index (χ4n) is 3.25. The molecule has 1 heterocycles. The highest BCUT2D eigenvalue weighted by Gasteiger charge is 2.24. The van der Waals surface area contributed by atoms with E-state index < -0.39 is 0 Å². The fourth-order valence-corrected chi connectivity index (χ4v) is 3.25. The standard InChI is InChI=1S/C20H33N3O3.HI/c1-20(2,16-7-8-17(24-5)18(11-16)25-6)14-22-19(21-3)23(4)12-15-9-10-26-13-15;/h7-8,11,15H,9-10,12-14H2,1-6H3,(H,21,22);1H. The summed E-state index contributed by atoms with van der Waals surface area (Å²) in [4.78, 5) is 6.62. The Kier molecular flexibility index (Phi) is 9.66. The molecule has 0 saturated carbocycles. The van der Waals surface area contributed by atoms with Gasteiger partial charge >= 0.3 is 0 Å². The van der Waals surface area contributed by atoms with Gasteiger partial charge in [0.1, 0.15) is 0 Å². The third-order valence-corrected chi connectivity index (χ3v) is 4.98. The highest BCUT2D eigenvalue weighted by atomic mass is 127. The number of halogens is 1. The molecule has 27 heavy (non-hydrogen) atoms. The Balaban J connectivity index is 0.00000364. The van der Waals surface area contributed by atoms with Gasteiger partial charge in [-0.15, -0.1) is 24.0 Å². The van der Waals surface area contributed by atoms with Gasteiger partial charge in [-0.2, -0.15) is 0 Å². The van der Waals surface area contributed by atoms with Crippen molar-refractivity contribution in [3.63, 3.8) is 0 Å². The first kappa shape index (κ1) is 23.8. The van der Waals surface area contributed by atoms with E-state index in [9.17, 15) is 0 Å². The van der Waals surface area contributed by atoms with Gasteiger partial charge in [0.2, 0.25) is 0 Å². The number of ether oxygens (including phenoxy) is 3. The first-order chi connectivity index (χ1) is 12.4. The van der Waals surface area contributed by atoms with Crippen molar-refractivity contribution in [2.45, 2.75) is 25.7 Å². The highest BCUT2D eigenvalue weighted by molar-refractivity contribution is 14.0. The van der Waals surface area contributed by atoms with Crippen molar-refractivity contribution >= 4 is 29.9 Å². The molecular formula is C20H34IN3O3. The van der Waals surface area contributed by atoms with Crippen LogP contribution in [0.2, 0.25) is 0 Å². The first-order valence-electron chi connectivity index (χ1n) is 9.13. The molecule has 0 amide bonds. The zero-order valence-electron chi connectivity index (χ0n) is 17.4. The fraction of sp³-hybridized carbons (Fsp3) is 0.650. The van der Waals surface area contributed by atoms with Crippen molar-refractivity contribution in [3.8, 4) is 11.5 Å². The average Bonchev–Trinajstić information content (AvgIpc) is 3.14. The molecular weight excluding hydrogens is 457 g/mol. The van der Waals surface area contributed by atoms with Gasteiger partial charge in [0, 0.05) is 45.1 Å². The van der Waals surface area contributed by atoms with Crippen molar-refractivity contribution < 1.29 is 14.2 Å². The Morgan fingerprint density at radius 2 is 2.00 bits per heavy atom. The highest BCUT2D eigenvalue weighted by Crippen LogP contribution is 2.32. The van der Waals surface area contributed by atoms with Gasteiger partial charge in [0.05, 0.1) is 20.8 Å². The second-order valence-electron chi connectivity index (χ2n) is 7.46. The second kappa shape index (κ2) is 10.9. The van der Waals surface area contributed by atoms with Gasteiger partial charge in [-0.05, 0) is 24.1 Å². The number of hydrogen-bond donors (Lipinski definition) is 1. The van der Waals surface area contributed by atoms with E-state index in [0.717, 1.165) is 50.2 Å². The van der Waals surface area contributed by atoms with Crippen LogP contribution in [0.4, 0.5) is 0 Å². The van der Waals surface area contributed by atoms with Crippen LogP contribution in [0.1, 0.15) is 25.8 Å². The molecule has 1 aromatic rings. The number of hydrogen-bond acceptors (Lipinski definition) is 4. The molecule has 1 unspecified atom stereocenters. The predicted octanol–water partition coefficient (Wildman–Crippen LogP) is 3.14. The van der Waals surface area contributed by atoms with Crippen LogP contribution in [0.5, 0.6) is 11.5 Å². The van der Waals surface area contributed by atoms with Gasteiger partial charge < -0.3 is 24.4 Å². The van der Waals surface area contributed by atoms with Gasteiger partial charge in [-0.1, -0.05) is 19.9 Å². The van der Waals surface area contributed by atoms with Gasteiger partial charge in [-0.25, -0.2) is 0 Å². The largest absolute Gasteiger partial charge is 0.493 e. The third-order valence-electron chi connectivity index (χ3n) is 4.98. The summed E-state index contributed by atoms with van der Waals surface area (Å²) >= 11 is 0. The summed E-state index contributed by atoms with van der Waals surface area (Å²) < 4.78 is 16.3. The Bertz CT molecular complexity index is 616. The number of benzene rings is 1. The van der Waals surface area contributed by atoms with Crippen LogP contribution in [0.3, 0.4) is 0 Å². The zero-order chi connectivity index (χ0) is 19.2. The van der Waals surface area contributed by atoms with Crippen molar-refractivity contribution in [2.75, 3.05) is 54.6 Å². The summed E-state index contributed by atoms with van der Waals surface area (Å²) in [5, 5.41) is 3.51. The summed E-state index contributed by atoms with van der Waals surface area (Å²) in [6, 6.07) is 6.09. The van der Waals surface area contributed by atoms with Crippen molar-refractivity contribution in [3.05, 3.63) is 23.8 Å². The van der Waals surface area contributed by atoms with E-state index in [1.165, 1.54) is 5.56 Å². The molecule has 1 aliphatic heterocycles. The number of nitrogens with one attached hydrogen (secondary N) is 1. The third kappa shape index (κ3) is 6.41. The molecule has 0 aromatic heterocycles. The van der Waals surface area contributed by atoms with Crippen LogP contribution < -0.4 is 14.8 Å². The van der Waals surface area contributed by atoms with Crippen LogP contribution in [0.25, 0.3) is 0 Å². The van der Waals surface area contributed by atoms with E-state index >= 15 is 0 Å². The molecule has 1 aromatic carbocycles. The SMILES string of the molecule is CN=C(NCC(C)(C)c1ccc(OC)c(OC)c1)N(C)CC1CCOC1.I. The molecule has 6 nitrogen and oxygen atoms in total. The lowest BCUT2D eigenvalue weighted by molar-refractivity contribution is 0.181. The number of aliphatic imine (C=N–C) groups is 1. The normalized spacial score (nSPS) is 17.3. The molecule has 0 aliphatic carbocycles. The van der Waals surface area contributed by atoms with Crippen LogP contribution in [-0.2, 0) is 10.2 Å². The van der Waals surface area contributed by atoms with Crippen LogP contribution >= 0.6 is 24.0 Å². The minimum Gasteiger partial charge on any atom is -0.493 e. The molecule has 1 atom stereocenters. The molecule has 1 saturated heterocycles. The smallest absolute Gasteiger partial charge is 0.193 e. The van der Waals surface area contributed by atoms with Gasteiger partial charge in [-0.3, -0.25) is 4.99 Å². The second-order valence-corrected chi connectivity index (χ2v) is 7.46. The van der Waals surface area contributed by atoms with E-state index in [-0.39, 0.29) is 29.4 Å². The van der Waals surface area contributed by atoms with Crippen molar-refractivity contribution in [1.29, 1.82) is 0 Å². The van der Waals surface area contributed by atoms with E-state index in [0.29, 0.717) is 5.92 Å². The van der Waals surface area contributed by atoms with Crippen LogP contribution in [-0.4, -0.2) is 65.5 Å². The number of nitrogens with zero attached hydrogens (tertiary/aromatic N) is 2. The summed E-state index contributed by atoms with van der Waals surface area (Å²) in [7, 11) is 7.22. The molecule has 1 aliphatic rings. The maximum absolute atomic E-state index is 5.48. The Morgan fingerprint density at radius 3 is 2.56 bits per heavy atom. The molecule has 154 valence electrons. The Hall–Kier alpha value is -1.22. The summed E-state index contributed by atoms with van der Waals surface area (Å²) in [6.07, 6.45) is 1.12. The van der Waals surface area contributed by atoms with E-state index in [1.807, 2.05) is 19.2 Å². The molecule has 0 spiro atoms. The zero-order valence-corrected chi connectivity index (χ0v) is 19.7. The summed E-state index contributed by atoms with van der Waals surface area (Å²) in [5.74, 6) is 2.98. The quantitative estimate of drug-likeness (QED) is 0.361. The van der Waals surface area contributed by atoms with Gasteiger partial charge in [0.15, 0.2) is 17.5 Å². The number of guanidine groups is 1. The molecule has 0 bridgehead atoms. The van der Waals surface area contributed by atoms with Crippen molar-refractivity contribution in [2.24, 2.45) is 10.9 Å². The molecule has 1 fully saturated rings. The molecule has 7 heteroatoms.